The van der Waals surface area contributed by atoms with Gasteiger partial charge in [0.15, 0.2) is 10.8 Å². The maximum atomic E-state index is 10.5. The van der Waals surface area contributed by atoms with Gasteiger partial charge < -0.3 is 10.8 Å². The lowest BCUT2D eigenvalue weighted by Gasteiger charge is -2.04. The number of hydrogen-bond acceptors (Lipinski definition) is 4. The van der Waals surface area contributed by atoms with Crippen LogP contribution in [-0.2, 0) is 4.79 Å². The topological polar surface area (TPSA) is 93.5 Å². The van der Waals surface area contributed by atoms with Crippen LogP contribution in [0.15, 0.2) is 18.3 Å². The lowest BCUT2D eigenvalue weighted by molar-refractivity contribution is -0.137. The molecule has 2 rings (SSSR count). The number of fused-ring (bicyclic) bond motifs is 1. The molecular formula is C9H9ClN4O2. The summed E-state index contributed by atoms with van der Waals surface area (Å²) in [6.07, 6.45) is 1.34. The van der Waals surface area contributed by atoms with Gasteiger partial charge in [0.2, 0.25) is 0 Å². The van der Waals surface area contributed by atoms with Gasteiger partial charge in [0.1, 0.15) is 0 Å². The van der Waals surface area contributed by atoms with Crippen LogP contribution in [0, 0.1) is 0 Å². The molecule has 0 saturated heterocycles. The maximum absolute atomic E-state index is 10.5. The highest BCUT2D eigenvalue weighted by atomic mass is 35.5. The van der Waals surface area contributed by atoms with E-state index in [1.54, 1.807) is 18.3 Å². The van der Waals surface area contributed by atoms with Crippen molar-refractivity contribution in [1.82, 2.24) is 14.6 Å². The van der Waals surface area contributed by atoms with Crippen LogP contribution in [0.2, 0.25) is 5.15 Å². The molecule has 0 radical (unpaired) electrons. The third kappa shape index (κ3) is 1.84. The molecule has 0 aliphatic heterocycles. The van der Waals surface area contributed by atoms with E-state index in [0.717, 1.165) is 0 Å². The van der Waals surface area contributed by atoms with Gasteiger partial charge in [0.25, 0.3) is 0 Å². The van der Waals surface area contributed by atoms with E-state index < -0.39 is 12.0 Å². The number of hydrogen-bond donors (Lipinski definition) is 2. The van der Waals surface area contributed by atoms with E-state index in [9.17, 15) is 4.79 Å². The average Bonchev–Trinajstić information content (AvgIpc) is 2.56. The Morgan fingerprint density at radius 1 is 1.69 bits per heavy atom. The Hall–Kier alpha value is -1.66. The molecule has 0 aliphatic rings. The van der Waals surface area contributed by atoms with Gasteiger partial charge >= 0.3 is 5.97 Å². The van der Waals surface area contributed by atoms with Crippen LogP contribution in [0.4, 0.5) is 0 Å². The first kappa shape index (κ1) is 10.8. The van der Waals surface area contributed by atoms with Crippen molar-refractivity contribution < 1.29 is 9.90 Å². The zero-order valence-corrected chi connectivity index (χ0v) is 8.92. The van der Waals surface area contributed by atoms with Gasteiger partial charge in [0, 0.05) is 6.20 Å². The Bertz CT molecular complexity index is 539. The summed E-state index contributed by atoms with van der Waals surface area (Å²) in [5.74, 6) is -0.992. The third-order valence-electron chi connectivity index (χ3n) is 2.11. The standard InChI is InChI=1S/C9H9ClN4O2/c10-9-8(5(11)4-7(15)16)13-6-2-1-3-12-14(6)9/h1-3,5H,4,11H2,(H,15,16). The monoisotopic (exact) mass is 240 g/mol. The van der Waals surface area contributed by atoms with Crippen LogP contribution >= 0.6 is 11.6 Å². The van der Waals surface area contributed by atoms with Crippen molar-refractivity contribution in [2.24, 2.45) is 5.73 Å². The van der Waals surface area contributed by atoms with E-state index in [4.69, 9.17) is 22.4 Å². The van der Waals surface area contributed by atoms with E-state index in [1.807, 2.05) is 0 Å². The summed E-state index contributed by atoms with van der Waals surface area (Å²) in [7, 11) is 0. The minimum atomic E-state index is -0.992. The third-order valence-corrected chi connectivity index (χ3v) is 2.46. The number of nitrogens with two attached hydrogens (primary N) is 1. The molecule has 0 aromatic carbocycles. The summed E-state index contributed by atoms with van der Waals surface area (Å²) < 4.78 is 1.42. The number of imidazole rings is 1. The molecule has 16 heavy (non-hydrogen) atoms. The summed E-state index contributed by atoms with van der Waals surface area (Å²) >= 11 is 6.00. The van der Waals surface area contributed by atoms with E-state index >= 15 is 0 Å². The number of aliphatic carboxylic acids is 1. The number of carboxylic acids is 1. The van der Waals surface area contributed by atoms with Crippen LogP contribution in [-0.4, -0.2) is 25.7 Å². The fourth-order valence-corrected chi connectivity index (χ4v) is 1.71. The van der Waals surface area contributed by atoms with E-state index in [0.29, 0.717) is 11.3 Å². The lowest BCUT2D eigenvalue weighted by atomic mass is 10.2. The molecule has 2 aromatic heterocycles. The van der Waals surface area contributed by atoms with Gasteiger partial charge in [-0.15, -0.1) is 0 Å². The molecule has 0 spiro atoms. The highest BCUT2D eigenvalue weighted by Crippen LogP contribution is 2.23. The number of halogens is 1. The summed E-state index contributed by atoms with van der Waals surface area (Å²) in [5, 5.41) is 12.9. The van der Waals surface area contributed by atoms with Crippen molar-refractivity contribution in [2.45, 2.75) is 12.5 Å². The number of carbonyl (C=O) groups is 1. The van der Waals surface area contributed by atoms with Crippen molar-refractivity contribution in [2.75, 3.05) is 0 Å². The molecule has 0 fully saturated rings. The van der Waals surface area contributed by atoms with Crippen molar-refractivity contribution in [3.8, 4) is 0 Å². The Morgan fingerprint density at radius 3 is 3.06 bits per heavy atom. The molecule has 0 bridgehead atoms. The molecule has 2 aromatic rings. The number of aromatic nitrogens is 3. The van der Waals surface area contributed by atoms with Crippen LogP contribution in [0.25, 0.3) is 5.65 Å². The average molecular weight is 241 g/mol. The molecule has 0 aliphatic carbocycles. The zero-order valence-electron chi connectivity index (χ0n) is 8.17. The molecule has 6 nitrogen and oxygen atoms in total. The predicted octanol–water partition coefficient (Wildman–Crippen LogP) is 0.857. The predicted molar refractivity (Wildman–Crippen MR) is 57.2 cm³/mol. The molecule has 2 heterocycles. The second kappa shape index (κ2) is 4.07. The fraction of sp³-hybridized carbons (Fsp3) is 0.222. The highest BCUT2D eigenvalue weighted by Gasteiger charge is 2.19. The van der Waals surface area contributed by atoms with E-state index in [1.165, 1.54) is 4.52 Å². The normalized spacial score (nSPS) is 12.9. The Labute approximate surface area is 95.7 Å². The van der Waals surface area contributed by atoms with E-state index in [2.05, 4.69) is 10.1 Å². The van der Waals surface area contributed by atoms with Gasteiger partial charge in [-0.05, 0) is 12.1 Å². The van der Waals surface area contributed by atoms with E-state index in [-0.39, 0.29) is 11.6 Å². The quantitative estimate of drug-likeness (QED) is 0.830. The molecule has 0 amide bonds. The maximum Gasteiger partial charge on any atom is 0.305 e. The first-order chi connectivity index (χ1) is 7.59. The summed E-state index contributed by atoms with van der Waals surface area (Å²) in [5.41, 5.74) is 6.59. The Kier molecular flexibility index (Phi) is 2.76. The van der Waals surface area contributed by atoms with Crippen molar-refractivity contribution in [1.29, 1.82) is 0 Å². The van der Waals surface area contributed by atoms with Gasteiger partial charge in [0.05, 0.1) is 18.2 Å². The Balaban J connectivity index is 2.45. The van der Waals surface area contributed by atoms with Crippen molar-refractivity contribution in [3.63, 3.8) is 0 Å². The summed E-state index contributed by atoms with van der Waals surface area (Å²) in [4.78, 5) is 14.7. The molecule has 7 heteroatoms. The van der Waals surface area contributed by atoms with Crippen LogP contribution in [0.1, 0.15) is 18.2 Å². The van der Waals surface area contributed by atoms with Gasteiger partial charge in [-0.2, -0.15) is 5.10 Å². The highest BCUT2D eigenvalue weighted by molar-refractivity contribution is 6.30. The SMILES string of the molecule is NC(CC(=O)O)c1nc2cccnn2c1Cl. The van der Waals surface area contributed by atoms with Crippen LogP contribution in [0.3, 0.4) is 0 Å². The minimum Gasteiger partial charge on any atom is -0.481 e. The van der Waals surface area contributed by atoms with Gasteiger partial charge in [-0.1, -0.05) is 11.6 Å². The second-order valence-corrected chi connectivity index (χ2v) is 3.64. The minimum absolute atomic E-state index is 0.219. The number of rotatable bonds is 3. The number of nitrogens with zero attached hydrogens (tertiary/aromatic N) is 3. The lowest BCUT2D eigenvalue weighted by Crippen LogP contribution is -2.15. The molecule has 1 atom stereocenters. The largest absolute Gasteiger partial charge is 0.481 e. The van der Waals surface area contributed by atoms with Crippen molar-refractivity contribution in [3.05, 3.63) is 29.2 Å². The smallest absolute Gasteiger partial charge is 0.305 e. The van der Waals surface area contributed by atoms with Gasteiger partial charge in [-0.3, -0.25) is 4.79 Å². The second-order valence-electron chi connectivity index (χ2n) is 3.29. The first-order valence-corrected chi connectivity index (χ1v) is 4.94. The van der Waals surface area contributed by atoms with Gasteiger partial charge in [-0.25, -0.2) is 9.50 Å². The molecule has 1 unspecified atom stereocenters. The zero-order chi connectivity index (χ0) is 11.7. The first-order valence-electron chi connectivity index (χ1n) is 4.56. The van der Waals surface area contributed by atoms with Crippen molar-refractivity contribution >= 4 is 23.2 Å². The molecular weight excluding hydrogens is 232 g/mol. The Morgan fingerprint density at radius 2 is 2.44 bits per heavy atom. The molecule has 3 N–H and O–H groups in total. The summed E-state index contributed by atoms with van der Waals surface area (Å²) in [6.45, 7) is 0. The summed E-state index contributed by atoms with van der Waals surface area (Å²) in [6, 6.07) is 2.70. The van der Waals surface area contributed by atoms with Crippen LogP contribution < -0.4 is 5.73 Å². The van der Waals surface area contributed by atoms with Crippen LogP contribution in [0.5, 0.6) is 0 Å². The molecule has 84 valence electrons. The fourth-order valence-electron chi connectivity index (χ4n) is 1.40. The molecule has 0 saturated carbocycles. The number of carboxylic acid groups (broad SMARTS) is 1.